The average molecular weight is 267 g/mol. The molecule has 0 bridgehead atoms. The van der Waals surface area contributed by atoms with E-state index in [1.165, 1.54) is 11.3 Å². The van der Waals surface area contributed by atoms with E-state index in [4.69, 9.17) is 5.73 Å². The van der Waals surface area contributed by atoms with Crippen molar-refractivity contribution in [1.29, 1.82) is 0 Å². The lowest BCUT2D eigenvalue weighted by Crippen LogP contribution is -2.25. The SMILES string of the molecule is NCCC1CN(CCc2ccccn2)c2ccccc21. The lowest BCUT2D eigenvalue weighted by Gasteiger charge is -2.19. The zero-order chi connectivity index (χ0) is 13.8. The fourth-order valence-corrected chi connectivity index (χ4v) is 3.04. The third-order valence-electron chi connectivity index (χ3n) is 4.04. The number of nitrogens with zero attached hydrogens (tertiary/aromatic N) is 2. The standard InChI is InChI=1S/C17H21N3/c18-10-8-14-13-20(17-7-2-1-6-16(14)17)12-9-15-5-3-4-11-19-15/h1-7,11,14H,8-10,12-13,18H2. The zero-order valence-corrected chi connectivity index (χ0v) is 11.7. The second-order valence-electron chi connectivity index (χ2n) is 5.35. The molecule has 2 N–H and O–H groups in total. The van der Waals surface area contributed by atoms with Gasteiger partial charge in [-0.25, -0.2) is 0 Å². The fourth-order valence-electron chi connectivity index (χ4n) is 3.04. The Kier molecular flexibility index (Phi) is 3.97. The summed E-state index contributed by atoms with van der Waals surface area (Å²) < 4.78 is 0. The molecule has 1 aromatic carbocycles. The number of pyridine rings is 1. The van der Waals surface area contributed by atoms with Crippen molar-refractivity contribution in [3.63, 3.8) is 0 Å². The van der Waals surface area contributed by atoms with Crippen molar-refractivity contribution in [2.75, 3.05) is 24.5 Å². The third-order valence-corrected chi connectivity index (χ3v) is 4.04. The van der Waals surface area contributed by atoms with Gasteiger partial charge in [-0.2, -0.15) is 0 Å². The molecular formula is C17H21N3. The highest BCUT2D eigenvalue weighted by Crippen LogP contribution is 2.37. The molecule has 3 nitrogen and oxygen atoms in total. The Hall–Kier alpha value is -1.87. The molecule has 2 aromatic rings. The first-order valence-electron chi connectivity index (χ1n) is 7.32. The second-order valence-corrected chi connectivity index (χ2v) is 5.35. The highest BCUT2D eigenvalue weighted by atomic mass is 15.2. The van der Waals surface area contributed by atoms with Gasteiger partial charge < -0.3 is 10.6 Å². The summed E-state index contributed by atoms with van der Waals surface area (Å²) in [7, 11) is 0. The van der Waals surface area contributed by atoms with Crippen LogP contribution in [0, 0.1) is 0 Å². The van der Waals surface area contributed by atoms with E-state index in [-0.39, 0.29) is 0 Å². The van der Waals surface area contributed by atoms with Gasteiger partial charge in [-0.15, -0.1) is 0 Å². The monoisotopic (exact) mass is 267 g/mol. The number of nitrogens with two attached hydrogens (primary N) is 1. The maximum absolute atomic E-state index is 5.75. The molecule has 3 rings (SSSR count). The Labute approximate surface area is 120 Å². The number of rotatable bonds is 5. The topological polar surface area (TPSA) is 42.1 Å². The maximum Gasteiger partial charge on any atom is 0.0421 e. The van der Waals surface area contributed by atoms with E-state index in [0.29, 0.717) is 5.92 Å². The fraction of sp³-hybridized carbons (Fsp3) is 0.353. The molecule has 0 aliphatic carbocycles. The molecule has 104 valence electrons. The van der Waals surface area contributed by atoms with E-state index >= 15 is 0 Å². The van der Waals surface area contributed by atoms with Crippen LogP contribution in [0.2, 0.25) is 0 Å². The molecule has 0 spiro atoms. The van der Waals surface area contributed by atoms with E-state index in [0.717, 1.165) is 38.2 Å². The number of para-hydroxylation sites is 1. The van der Waals surface area contributed by atoms with E-state index < -0.39 is 0 Å². The van der Waals surface area contributed by atoms with Crippen LogP contribution in [0.25, 0.3) is 0 Å². The Morgan fingerprint density at radius 2 is 2.00 bits per heavy atom. The largest absolute Gasteiger partial charge is 0.370 e. The average Bonchev–Trinajstić information content (AvgIpc) is 2.85. The minimum Gasteiger partial charge on any atom is -0.370 e. The molecule has 2 heterocycles. The van der Waals surface area contributed by atoms with Crippen LogP contribution in [-0.2, 0) is 6.42 Å². The van der Waals surface area contributed by atoms with Gasteiger partial charge in [0, 0.05) is 43.0 Å². The summed E-state index contributed by atoms with van der Waals surface area (Å²) in [5.41, 5.74) is 9.74. The summed E-state index contributed by atoms with van der Waals surface area (Å²) >= 11 is 0. The predicted molar refractivity (Wildman–Crippen MR) is 83.0 cm³/mol. The highest BCUT2D eigenvalue weighted by molar-refractivity contribution is 5.60. The molecular weight excluding hydrogens is 246 g/mol. The summed E-state index contributed by atoms with van der Waals surface area (Å²) in [5, 5.41) is 0. The molecule has 1 aromatic heterocycles. The van der Waals surface area contributed by atoms with Crippen molar-refractivity contribution < 1.29 is 0 Å². The van der Waals surface area contributed by atoms with Gasteiger partial charge >= 0.3 is 0 Å². The van der Waals surface area contributed by atoms with Crippen LogP contribution in [0.4, 0.5) is 5.69 Å². The normalized spacial score (nSPS) is 17.2. The minimum atomic E-state index is 0.583. The molecule has 20 heavy (non-hydrogen) atoms. The van der Waals surface area contributed by atoms with Gasteiger partial charge in [-0.1, -0.05) is 24.3 Å². The minimum absolute atomic E-state index is 0.583. The molecule has 0 amide bonds. The first-order chi connectivity index (χ1) is 9.88. The van der Waals surface area contributed by atoms with Gasteiger partial charge in [-0.3, -0.25) is 4.98 Å². The molecule has 0 saturated carbocycles. The quantitative estimate of drug-likeness (QED) is 0.905. The van der Waals surface area contributed by atoms with Gasteiger partial charge in [0.2, 0.25) is 0 Å². The number of hydrogen-bond donors (Lipinski definition) is 1. The number of benzene rings is 1. The molecule has 0 saturated heterocycles. The summed E-state index contributed by atoms with van der Waals surface area (Å²) in [4.78, 5) is 6.88. The number of anilines is 1. The lowest BCUT2D eigenvalue weighted by molar-refractivity contribution is 0.642. The smallest absolute Gasteiger partial charge is 0.0421 e. The maximum atomic E-state index is 5.75. The number of hydrogen-bond acceptors (Lipinski definition) is 3. The van der Waals surface area contributed by atoms with Gasteiger partial charge in [0.25, 0.3) is 0 Å². The van der Waals surface area contributed by atoms with Crippen LogP contribution >= 0.6 is 0 Å². The van der Waals surface area contributed by atoms with Crippen molar-refractivity contribution in [1.82, 2.24) is 4.98 Å². The Bertz CT molecular complexity index is 553. The van der Waals surface area contributed by atoms with Crippen LogP contribution in [0.15, 0.2) is 48.7 Å². The summed E-state index contributed by atoms with van der Waals surface area (Å²) in [5.74, 6) is 0.583. The van der Waals surface area contributed by atoms with Crippen molar-refractivity contribution in [3.05, 3.63) is 59.9 Å². The van der Waals surface area contributed by atoms with Gasteiger partial charge in [0.05, 0.1) is 0 Å². The van der Waals surface area contributed by atoms with Crippen molar-refractivity contribution in [2.24, 2.45) is 5.73 Å². The molecule has 0 fully saturated rings. The number of fused-ring (bicyclic) bond motifs is 1. The van der Waals surface area contributed by atoms with Crippen LogP contribution in [-0.4, -0.2) is 24.6 Å². The number of aromatic nitrogens is 1. The van der Waals surface area contributed by atoms with E-state index in [1.807, 2.05) is 12.3 Å². The summed E-state index contributed by atoms with van der Waals surface area (Å²) in [6.45, 7) is 2.87. The van der Waals surface area contributed by atoms with Crippen molar-refractivity contribution in [3.8, 4) is 0 Å². The van der Waals surface area contributed by atoms with Crippen LogP contribution in [0.1, 0.15) is 23.6 Å². The Morgan fingerprint density at radius 1 is 1.15 bits per heavy atom. The van der Waals surface area contributed by atoms with E-state index in [9.17, 15) is 0 Å². The molecule has 3 heteroatoms. The van der Waals surface area contributed by atoms with Crippen LogP contribution < -0.4 is 10.6 Å². The molecule has 0 radical (unpaired) electrons. The van der Waals surface area contributed by atoms with Gasteiger partial charge in [0.15, 0.2) is 0 Å². The molecule has 1 aliphatic heterocycles. The predicted octanol–water partition coefficient (Wildman–Crippen LogP) is 2.58. The third kappa shape index (κ3) is 2.68. The summed E-state index contributed by atoms with van der Waals surface area (Å²) in [6, 6.07) is 14.8. The molecule has 1 aliphatic rings. The van der Waals surface area contributed by atoms with Gasteiger partial charge in [0.1, 0.15) is 0 Å². The Balaban J connectivity index is 1.72. The van der Waals surface area contributed by atoms with Crippen molar-refractivity contribution in [2.45, 2.75) is 18.8 Å². The van der Waals surface area contributed by atoms with Gasteiger partial charge in [-0.05, 0) is 36.7 Å². The highest BCUT2D eigenvalue weighted by Gasteiger charge is 2.27. The molecule has 1 atom stereocenters. The first kappa shape index (κ1) is 13.1. The summed E-state index contributed by atoms with van der Waals surface area (Å²) in [6.07, 6.45) is 3.92. The Morgan fingerprint density at radius 3 is 2.80 bits per heavy atom. The van der Waals surface area contributed by atoms with Crippen LogP contribution in [0.3, 0.4) is 0 Å². The lowest BCUT2D eigenvalue weighted by atomic mass is 9.98. The van der Waals surface area contributed by atoms with Crippen LogP contribution in [0.5, 0.6) is 0 Å². The van der Waals surface area contributed by atoms with Crippen molar-refractivity contribution >= 4 is 5.69 Å². The second kappa shape index (κ2) is 6.06. The first-order valence-corrected chi connectivity index (χ1v) is 7.32. The van der Waals surface area contributed by atoms with E-state index in [2.05, 4.69) is 46.3 Å². The van der Waals surface area contributed by atoms with E-state index in [1.54, 1.807) is 0 Å². The zero-order valence-electron chi connectivity index (χ0n) is 11.7. The molecule has 1 unspecified atom stereocenters.